The summed E-state index contributed by atoms with van der Waals surface area (Å²) in [6.45, 7) is 6.97. The van der Waals surface area contributed by atoms with E-state index in [1.807, 2.05) is 6.07 Å². The van der Waals surface area contributed by atoms with E-state index >= 15 is 0 Å². The molecule has 1 aromatic rings. The van der Waals surface area contributed by atoms with Crippen molar-refractivity contribution in [2.45, 2.75) is 13.8 Å². The van der Waals surface area contributed by atoms with Crippen LogP contribution < -0.4 is 4.74 Å². The van der Waals surface area contributed by atoms with E-state index in [4.69, 9.17) is 10.00 Å². The number of nitrogens with zero attached hydrogens (tertiary/aromatic N) is 2. The first-order valence-electron chi connectivity index (χ1n) is 6.04. The molecule has 3 nitrogen and oxygen atoms in total. The van der Waals surface area contributed by atoms with Gasteiger partial charge in [0.1, 0.15) is 5.75 Å². The van der Waals surface area contributed by atoms with Gasteiger partial charge in [-0.05, 0) is 31.3 Å². The molecule has 1 aromatic carbocycles. The van der Waals surface area contributed by atoms with Crippen molar-refractivity contribution in [2.75, 3.05) is 26.7 Å². The molecule has 18 heavy (non-hydrogen) atoms. The summed E-state index contributed by atoms with van der Waals surface area (Å²) in [5, 5.41) is 8.81. The molecule has 0 aliphatic heterocycles. The molecule has 0 fully saturated rings. The quantitative estimate of drug-likeness (QED) is 0.760. The number of rotatable bonds is 4. The molecule has 0 aliphatic rings. The lowest BCUT2D eigenvalue weighted by Crippen LogP contribution is -2.22. The summed E-state index contributed by atoms with van der Waals surface area (Å²) in [6.07, 6.45) is 0. The van der Waals surface area contributed by atoms with Gasteiger partial charge in [0, 0.05) is 0 Å². The zero-order chi connectivity index (χ0) is 13.4. The standard InChI is InChI=1S/C15H18N2O/c1-4-17(5-2)10-6-7-14-9-8-13(12-16)11-15(14)18-3/h8-9,11H,4-5,10H2,1-3H3. The third-order valence-electron chi connectivity index (χ3n) is 2.75. The normalized spacial score (nSPS) is 9.50. The van der Waals surface area contributed by atoms with E-state index in [1.54, 1.807) is 19.2 Å². The largest absolute Gasteiger partial charge is 0.495 e. The fourth-order valence-corrected chi connectivity index (χ4v) is 1.56. The monoisotopic (exact) mass is 242 g/mol. The molecule has 3 heteroatoms. The summed E-state index contributed by atoms with van der Waals surface area (Å²) in [5.41, 5.74) is 1.41. The van der Waals surface area contributed by atoms with Crippen LogP contribution in [0.4, 0.5) is 0 Å². The molecule has 0 unspecified atom stereocenters. The van der Waals surface area contributed by atoms with E-state index in [0.717, 1.165) is 25.2 Å². The van der Waals surface area contributed by atoms with Gasteiger partial charge < -0.3 is 4.74 Å². The predicted octanol–water partition coefficient (Wildman–Crippen LogP) is 2.26. The van der Waals surface area contributed by atoms with Crippen LogP contribution in [0.1, 0.15) is 25.0 Å². The van der Waals surface area contributed by atoms with Crippen LogP contribution >= 0.6 is 0 Å². The minimum atomic E-state index is 0.584. The van der Waals surface area contributed by atoms with Crippen LogP contribution in [-0.2, 0) is 0 Å². The van der Waals surface area contributed by atoms with Gasteiger partial charge >= 0.3 is 0 Å². The Morgan fingerprint density at radius 2 is 2.00 bits per heavy atom. The van der Waals surface area contributed by atoms with Crippen LogP contribution in [0.2, 0.25) is 0 Å². The maximum absolute atomic E-state index is 8.81. The molecule has 1 rings (SSSR count). The van der Waals surface area contributed by atoms with Crippen LogP contribution in [0.5, 0.6) is 5.75 Å². The van der Waals surface area contributed by atoms with Gasteiger partial charge in [0.2, 0.25) is 0 Å². The van der Waals surface area contributed by atoms with Gasteiger partial charge in [-0.2, -0.15) is 5.26 Å². The highest BCUT2D eigenvalue weighted by molar-refractivity contribution is 5.50. The van der Waals surface area contributed by atoms with Crippen molar-refractivity contribution >= 4 is 0 Å². The first kappa shape index (κ1) is 14.1. The fourth-order valence-electron chi connectivity index (χ4n) is 1.56. The first-order chi connectivity index (χ1) is 8.74. The average molecular weight is 242 g/mol. The third-order valence-corrected chi connectivity index (χ3v) is 2.75. The minimum Gasteiger partial charge on any atom is -0.495 e. The highest BCUT2D eigenvalue weighted by atomic mass is 16.5. The Balaban J connectivity index is 2.85. The van der Waals surface area contributed by atoms with Crippen molar-refractivity contribution in [3.05, 3.63) is 29.3 Å². The molecule has 0 spiro atoms. The number of ether oxygens (including phenoxy) is 1. The van der Waals surface area contributed by atoms with Gasteiger partial charge in [-0.1, -0.05) is 25.7 Å². The maximum Gasteiger partial charge on any atom is 0.135 e. The second kappa shape index (κ2) is 7.37. The van der Waals surface area contributed by atoms with Gasteiger partial charge in [0.05, 0.1) is 30.9 Å². The predicted molar refractivity (Wildman–Crippen MR) is 72.4 cm³/mol. The Kier molecular flexibility index (Phi) is 5.77. The van der Waals surface area contributed by atoms with Crippen LogP contribution in [0, 0.1) is 23.2 Å². The van der Waals surface area contributed by atoms with Crippen molar-refractivity contribution in [2.24, 2.45) is 0 Å². The van der Waals surface area contributed by atoms with Crippen LogP contribution in [-0.4, -0.2) is 31.6 Å². The molecule has 0 amide bonds. The Bertz CT molecular complexity index is 487. The number of nitriles is 1. The molecule has 0 saturated carbocycles. The molecule has 0 aliphatic carbocycles. The molecule has 94 valence electrons. The summed E-state index contributed by atoms with van der Waals surface area (Å²) in [6, 6.07) is 7.37. The highest BCUT2D eigenvalue weighted by Crippen LogP contribution is 2.18. The summed E-state index contributed by atoms with van der Waals surface area (Å²) in [4.78, 5) is 2.24. The Hall–Kier alpha value is -1.97. The van der Waals surface area contributed by atoms with E-state index in [9.17, 15) is 0 Å². The second-order valence-corrected chi connectivity index (χ2v) is 3.79. The zero-order valence-corrected chi connectivity index (χ0v) is 11.2. The van der Waals surface area contributed by atoms with Crippen molar-refractivity contribution < 1.29 is 4.74 Å². The van der Waals surface area contributed by atoms with E-state index in [0.29, 0.717) is 11.3 Å². The van der Waals surface area contributed by atoms with Gasteiger partial charge in [-0.25, -0.2) is 0 Å². The smallest absolute Gasteiger partial charge is 0.135 e. The van der Waals surface area contributed by atoms with Crippen molar-refractivity contribution in [3.63, 3.8) is 0 Å². The Labute approximate surface area is 109 Å². The molecule has 0 saturated heterocycles. The lowest BCUT2D eigenvalue weighted by Gasteiger charge is -2.13. The lowest BCUT2D eigenvalue weighted by atomic mass is 10.1. The lowest BCUT2D eigenvalue weighted by molar-refractivity contribution is 0.342. The molecular weight excluding hydrogens is 224 g/mol. The van der Waals surface area contributed by atoms with Crippen molar-refractivity contribution in [1.82, 2.24) is 4.90 Å². The average Bonchev–Trinajstić information content (AvgIpc) is 2.43. The van der Waals surface area contributed by atoms with E-state index in [2.05, 4.69) is 36.7 Å². The Morgan fingerprint density at radius 1 is 1.28 bits per heavy atom. The SMILES string of the molecule is CCN(CC)CC#Cc1ccc(C#N)cc1OC. The van der Waals surface area contributed by atoms with E-state index in [-0.39, 0.29) is 0 Å². The Morgan fingerprint density at radius 3 is 2.56 bits per heavy atom. The van der Waals surface area contributed by atoms with Crippen LogP contribution in [0.3, 0.4) is 0 Å². The van der Waals surface area contributed by atoms with Crippen LogP contribution in [0.25, 0.3) is 0 Å². The summed E-state index contributed by atoms with van der Waals surface area (Å²) >= 11 is 0. The van der Waals surface area contributed by atoms with E-state index < -0.39 is 0 Å². The minimum absolute atomic E-state index is 0.584. The summed E-state index contributed by atoms with van der Waals surface area (Å²) in [7, 11) is 1.59. The first-order valence-corrected chi connectivity index (χ1v) is 6.04. The van der Waals surface area contributed by atoms with Gasteiger partial charge in [0.25, 0.3) is 0 Å². The topological polar surface area (TPSA) is 36.3 Å². The van der Waals surface area contributed by atoms with Crippen molar-refractivity contribution in [3.8, 4) is 23.7 Å². The molecule has 0 radical (unpaired) electrons. The molecular formula is C15H18N2O. The number of hydrogen-bond donors (Lipinski definition) is 0. The fraction of sp³-hybridized carbons (Fsp3) is 0.400. The number of methoxy groups -OCH3 is 1. The van der Waals surface area contributed by atoms with Gasteiger partial charge in [-0.3, -0.25) is 4.90 Å². The highest BCUT2D eigenvalue weighted by Gasteiger charge is 2.01. The van der Waals surface area contributed by atoms with Crippen molar-refractivity contribution in [1.29, 1.82) is 5.26 Å². The molecule has 0 aromatic heterocycles. The molecule has 0 bridgehead atoms. The number of benzene rings is 1. The van der Waals surface area contributed by atoms with Gasteiger partial charge in [-0.15, -0.1) is 0 Å². The zero-order valence-electron chi connectivity index (χ0n) is 11.2. The van der Waals surface area contributed by atoms with Crippen LogP contribution in [0.15, 0.2) is 18.2 Å². The summed E-state index contributed by atoms with van der Waals surface area (Å²) in [5.74, 6) is 6.87. The molecule has 0 atom stereocenters. The number of hydrogen-bond acceptors (Lipinski definition) is 3. The van der Waals surface area contributed by atoms with Gasteiger partial charge in [0.15, 0.2) is 0 Å². The molecule has 0 heterocycles. The third kappa shape index (κ3) is 3.80. The maximum atomic E-state index is 8.81. The summed E-state index contributed by atoms with van der Waals surface area (Å²) < 4.78 is 5.23. The molecule has 0 N–H and O–H groups in total. The second-order valence-electron chi connectivity index (χ2n) is 3.79. The van der Waals surface area contributed by atoms with E-state index in [1.165, 1.54) is 0 Å².